The minimum Gasteiger partial charge on any atom is -0.467 e. The van der Waals surface area contributed by atoms with Gasteiger partial charge in [-0.15, -0.1) is 0 Å². The van der Waals surface area contributed by atoms with Crippen LogP contribution in [-0.2, 0) is 16.1 Å². The lowest BCUT2D eigenvalue weighted by atomic mass is 10.3. The van der Waals surface area contributed by atoms with Crippen LogP contribution in [0.3, 0.4) is 0 Å². The average Bonchev–Trinajstić information content (AvgIpc) is 2.84. The molecule has 1 rings (SSSR count). The molecule has 5 nitrogen and oxygen atoms in total. The molecular weight excluding hydrogens is 220 g/mol. The predicted molar refractivity (Wildman–Crippen MR) is 64.5 cm³/mol. The monoisotopic (exact) mass is 240 g/mol. The first-order valence-corrected chi connectivity index (χ1v) is 5.81. The number of furan rings is 1. The van der Waals surface area contributed by atoms with E-state index in [0.29, 0.717) is 19.5 Å². The van der Waals surface area contributed by atoms with Gasteiger partial charge < -0.3 is 19.8 Å². The molecule has 0 fully saturated rings. The van der Waals surface area contributed by atoms with Crippen LogP contribution in [0.15, 0.2) is 22.8 Å². The van der Waals surface area contributed by atoms with Gasteiger partial charge >= 0.3 is 0 Å². The number of nitrogens with one attached hydrogen (secondary N) is 2. The number of ether oxygens (including phenoxy) is 1. The van der Waals surface area contributed by atoms with Gasteiger partial charge in [0, 0.05) is 26.7 Å². The lowest BCUT2D eigenvalue weighted by molar-refractivity contribution is -0.121. The Morgan fingerprint density at radius 3 is 3.06 bits per heavy atom. The molecule has 1 aromatic heterocycles. The standard InChI is InChI=1S/C12H20N2O3/c1-16-8-3-6-13-7-5-12(15)14-10-11-4-2-9-17-11/h2,4,9,13H,3,5-8,10H2,1H3,(H,14,15). The fourth-order valence-corrected chi connectivity index (χ4v) is 1.36. The van der Waals surface area contributed by atoms with Gasteiger partial charge in [-0.1, -0.05) is 0 Å². The van der Waals surface area contributed by atoms with Gasteiger partial charge in [-0.25, -0.2) is 0 Å². The Labute approximate surface area is 102 Å². The number of hydrogen-bond donors (Lipinski definition) is 2. The average molecular weight is 240 g/mol. The number of rotatable bonds is 9. The molecule has 17 heavy (non-hydrogen) atoms. The SMILES string of the molecule is COCCCNCCC(=O)NCc1ccco1. The minimum absolute atomic E-state index is 0.0284. The molecule has 0 saturated heterocycles. The summed E-state index contributed by atoms with van der Waals surface area (Å²) in [6, 6.07) is 3.64. The Balaban J connectivity index is 1.94. The van der Waals surface area contributed by atoms with Crippen molar-refractivity contribution in [3.8, 4) is 0 Å². The van der Waals surface area contributed by atoms with Crippen molar-refractivity contribution in [3.05, 3.63) is 24.2 Å². The van der Waals surface area contributed by atoms with Crippen LogP contribution in [0.2, 0.25) is 0 Å². The van der Waals surface area contributed by atoms with Crippen LogP contribution in [0.4, 0.5) is 0 Å². The summed E-state index contributed by atoms with van der Waals surface area (Å²) in [7, 11) is 1.68. The molecule has 0 aliphatic rings. The molecule has 0 saturated carbocycles. The first kappa shape index (κ1) is 13.7. The third-order valence-electron chi connectivity index (χ3n) is 2.27. The summed E-state index contributed by atoms with van der Waals surface area (Å²) in [5, 5.41) is 5.97. The van der Waals surface area contributed by atoms with Gasteiger partial charge in [-0.2, -0.15) is 0 Å². The van der Waals surface area contributed by atoms with E-state index in [2.05, 4.69) is 10.6 Å². The zero-order chi connectivity index (χ0) is 12.3. The molecule has 1 heterocycles. The van der Waals surface area contributed by atoms with Crippen LogP contribution in [0.1, 0.15) is 18.6 Å². The largest absolute Gasteiger partial charge is 0.467 e. The van der Waals surface area contributed by atoms with Gasteiger partial charge in [0.1, 0.15) is 5.76 Å². The van der Waals surface area contributed by atoms with Crippen LogP contribution >= 0.6 is 0 Å². The quantitative estimate of drug-likeness (QED) is 0.630. The van der Waals surface area contributed by atoms with E-state index < -0.39 is 0 Å². The molecule has 0 aliphatic carbocycles. The molecule has 96 valence electrons. The van der Waals surface area contributed by atoms with Crippen LogP contribution in [0.5, 0.6) is 0 Å². The first-order valence-electron chi connectivity index (χ1n) is 5.81. The minimum atomic E-state index is 0.0284. The van der Waals surface area contributed by atoms with E-state index in [1.807, 2.05) is 6.07 Å². The molecule has 5 heteroatoms. The highest BCUT2D eigenvalue weighted by Crippen LogP contribution is 1.98. The van der Waals surface area contributed by atoms with E-state index in [4.69, 9.17) is 9.15 Å². The van der Waals surface area contributed by atoms with Crippen molar-refractivity contribution in [2.75, 3.05) is 26.8 Å². The highest BCUT2D eigenvalue weighted by atomic mass is 16.5. The van der Waals surface area contributed by atoms with E-state index in [1.165, 1.54) is 0 Å². The highest BCUT2D eigenvalue weighted by Gasteiger charge is 2.01. The first-order chi connectivity index (χ1) is 8.33. The maximum atomic E-state index is 11.4. The summed E-state index contributed by atoms with van der Waals surface area (Å²) in [6.45, 7) is 2.76. The molecule has 0 unspecified atom stereocenters. The lowest BCUT2D eigenvalue weighted by Gasteiger charge is -2.05. The lowest BCUT2D eigenvalue weighted by Crippen LogP contribution is -2.27. The second-order valence-electron chi connectivity index (χ2n) is 3.70. The smallest absolute Gasteiger partial charge is 0.221 e. The molecule has 1 aromatic rings. The second kappa shape index (κ2) is 8.78. The maximum Gasteiger partial charge on any atom is 0.221 e. The summed E-state index contributed by atoms with van der Waals surface area (Å²) in [6.07, 6.45) is 3.04. The van der Waals surface area contributed by atoms with Crippen LogP contribution < -0.4 is 10.6 Å². The van der Waals surface area contributed by atoms with Crippen LogP contribution in [0, 0.1) is 0 Å². The molecule has 2 N–H and O–H groups in total. The topological polar surface area (TPSA) is 63.5 Å². The molecule has 0 atom stereocenters. The molecule has 0 spiro atoms. The van der Waals surface area contributed by atoms with Gasteiger partial charge in [0.2, 0.25) is 5.91 Å². The van der Waals surface area contributed by atoms with Gasteiger partial charge in [0.05, 0.1) is 12.8 Å². The second-order valence-corrected chi connectivity index (χ2v) is 3.70. The molecule has 0 radical (unpaired) electrons. The number of amides is 1. The Morgan fingerprint density at radius 1 is 1.47 bits per heavy atom. The van der Waals surface area contributed by atoms with Crippen LogP contribution in [0.25, 0.3) is 0 Å². The Morgan fingerprint density at radius 2 is 2.35 bits per heavy atom. The van der Waals surface area contributed by atoms with Gasteiger partial charge in [0.25, 0.3) is 0 Å². The number of carbonyl (C=O) groups is 1. The maximum absolute atomic E-state index is 11.4. The third-order valence-corrected chi connectivity index (χ3v) is 2.27. The fraction of sp³-hybridized carbons (Fsp3) is 0.583. The Kier molecular flexibility index (Phi) is 7.09. The van der Waals surface area contributed by atoms with Crippen molar-refractivity contribution >= 4 is 5.91 Å². The summed E-state index contributed by atoms with van der Waals surface area (Å²) >= 11 is 0. The third kappa shape index (κ3) is 6.76. The Hall–Kier alpha value is -1.33. The predicted octanol–water partition coefficient (Wildman–Crippen LogP) is 0.912. The van der Waals surface area contributed by atoms with Crippen molar-refractivity contribution in [1.82, 2.24) is 10.6 Å². The van der Waals surface area contributed by atoms with Crippen LogP contribution in [-0.4, -0.2) is 32.7 Å². The molecular formula is C12H20N2O3. The van der Waals surface area contributed by atoms with Gasteiger partial charge in [-0.3, -0.25) is 4.79 Å². The van der Waals surface area contributed by atoms with Crippen molar-refractivity contribution in [3.63, 3.8) is 0 Å². The number of methoxy groups -OCH3 is 1. The molecule has 0 aromatic carbocycles. The van der Waals surface area contributed by atoms with Crippen molar-refractivity contribution in [1.29, 1.82) is 0 Å². The van der Waals surface area contributed by atoms with Gasteiger partial charge in [-0.05, 0) is 25.1 Å². The summed E-state index contributed by atoms with van der Waals surface area (Å²) in [4.78, 5) is 11.4. The van der Waals surface area contributed by atoms with E-state index in [1.54, 1.807) is 19.4 Å². The fourth-order valence-electron chi connectivity index (χ4n) is 1.36. The molecule has 0 bridgehead atoms. The summed E-state index contributed by atoms with van der Waals surface area (Å²) < 4.78 is 10.0. The normalized spacial score (nSPS) is 10.4. The number of carbonyl (C=O) groups excluding carboxylic acids is 1. The Bertz CT molecular complexity index is 299. The van der Waals surface area contributed by atoms with E-state index in [0.717, 1.165) is 25.3 Å². The van der Waals surface area contributed by atoms with Gasteiger partial charge in [0.15, 0.2) is 0 Å². The zero-order valence-corrected chi connectivity index (χ0v) is 10.2. The van der Waals surface area contributed by atoms with Crippen molar-refractivity contribution < 1.29 is 13.9 Å². The van der Waals surface area contributed by atoms with Crippen molar-refractivity contribution in [2.45, 2.75) is 19.4 Å². The highest BCUT2D eigenvalue weighted by molar-refractivity contribution is 5.75. The number of hydrogen-bond acceptors (Lipinski definition) is 4. The molecule has 1 amide bonds. The zero-order valence-electron chi connectivity index (χ0n) is 10.2. The summed E-state index contributed by atoms with van der Waals surface area (Å²) in [5.74, 6) is 0.798. The van der Waals surface area contributed by atoms with Crippen molar-refractivity contribution in [2.24, 2.45) is 0 Å². The van der Waals surface area contributed by atoms with E-state index >= 15 is 0 Å². The molecule has 0 aliphatic heterocycles. The van der Waals surface area contributed by atoms with E-state index in [9.17, 15) is 4.79 Å². The van der Waals surface area contributed by atoms with E-state index in [-0.39, 0.29) is 5.91 Å². The summed E-state index contributed by atoms with van der Waals surface area (Å²) in [5.41, 5.74) is 0.